The number of rotatable bonds is 3. The van der Waals surface area contributed by atoms with Crippen molar-refractivity contribution in [1.82, 2.24) is 9.80 Å². The maximum atomic E-state index is 12.8. The highest BCUT2D eigenvalue weighted by Crippen LogP contribution is 2.23. The van der Waals surface area contributed by atoms with Crippen LogP contribution >= 0.6 is 0 Å². The Labute approximate surface area is 152 Å². The number of hydrogen-bond acceptors (Lipinski definition) is 4. The number of aliphatic carboxylic acids is 1. The summed E-state index contributed by atoms with van der Waals surface area (Å²) < 4.78 is 5.37. The molecular weight excluding hydrogens is 336 g/mol. The predicted molar refractivity (Wildman–Crippen MR) is 93.6 cm³/mol. The van der Waals surface area contributed by atoms with Gasteiger partial charge in [0.1, 0.15) is 0 Å². The monoisotopic (exact) mass is 360 g/mol. The van der Waals surface area contributed by atoms with Gasteiger partial charge in [0.2, 0.25) is 5.91 Å². The maximum Gasteiger partial charge on any atom is 0.334 e. The van der Waals surface area contributed by atoms with Crippen LogP contribution in [0, 0.1) is 5.92 Å². The Bertz CT molecular complexity index is 670. The second-order valence-corrected chi connectivity index (χ2v) is 6.95. The minimum absolute atomic E-state index is 0.0116. The SMILES string of the molecule is C[C@@H]1CN(C(=O)C2CCN(C(=O)c3ccccc3)CC2)CC(C(=O)O)O1. The predicted octanol–water partition coefficient (Wildman–Crippen LogP) is 1.24. The van der Waals surface area contributed by atoms with E-state index in [4.69, 9.17) is 9.84 Å². The van der Waals surface area contributed by atoms with Gasteiger partial charge in [-0.25, -0.2) is 4.79 Å². The first-order valence-electron chi connectivity index (χ1n) is 8.97. The van der Waals surface area contributed by atoms with Crippen LogP contribution in [0.15, 0.2) is 30.3 Å². The first-order valence-corrected chi connectivity index (χ1v) is 8.97. The average molecular weight is 360 g/mol. The molecule has 1 aromatic carbocycles. The number of morpholine rings is 1. The van der Waals surface area contributed by atoms with Gasteiger partial charge in [0.25, 0.3) is 5.91 Å². The molecule has 0 spiro atoms. The van der Waals surface area contributed by atoms with E-state index in [0.29, 0.717) is 38.0 Å². The zero-order chi connectivity index (χ0) is 18.7. The minimum atomic E-state index is -1.04. The number of benzene rings is 1. The number of likely N-dealkylation sites (tertiary alicyclic amines) is 1. The van der Waals surface area contributed by atoms with Gasteiger partial charge < -0.3 is 19.6 Å². The van der Waals surface area contributed by atoms with Crippen LogP contribution in [-0.4, -0.2) is 71.1 Å². The molecule has 2 fully saturated rings. The van der Waals surface area contributed by atoms with Crippen LogP contribution in [-0.2, 0) is 14.3 Å². The van der Waals surface area contributed by atoms with Crippen LogP contribution in [0.4, 0.5) is 0 Å². The van der Waals surface area contributed by atoms with Crippen molar-refractivity contribution in [1.29, 1.82) is 0 Å². The van der Waals surface area contributed by atoms with Crippen LogP contribution < -0.4 is 0 Å². The molecule has 2 aliphatic heterocycles. The van der Waals surface area contributed by atoms with Crippen molar-refractivity contribution in [2.45, 2.75) is 32.0 Å². The molecule has 0 saturated carbocycles. The van der Waals surface area contributed by atoms with Gasteiger partial charge in [-0.15, -0.1) is 0 Å². The molecule has 140 valence electrons. The van der Waals surface area contributed by atoms with Gasteiger partial charge in [0.15, 0.2) is 6.10 Å². The van der Waals surface area contributed by atoms with Crippen molar-refractivity contribution in [3.63, 3.8) is 0 Å². The van der Waals surface area contributed by atoms with Crippen molar-refractivity contribution in [3.8, 4) is 0 Å². The van der Waals surface area contributed by atoms with E-state index in [9.17, 15) is 14.4 Å². The summed E-state index contributed by atoms with van der Waals surface area (Å²) in [5.74, 6) is -1.26. The molecule has 0 bridgehead atoms. The molecule has 1 aromatic rings. The van der Waals surface area contributed by atoms with Crippen molar-refractivity contribution in [2.75, 3.05) is 26.2 Å². The third kappa shape index (κ3) is 4.04. The van der Waals surface area contributed by atoms with Gasteiger partial charge >= 0.3 is 5.97 Å². The first-order chi connectivity index (χ1) is 12.5. The van der Waals surface area contributed by atoms with Crippen LogP contribution in [0.3, 0.4) is 0 Å². The van der Waals surface area contributed by atoms with E-state index >= 15 is 0 Å². The van der Waals surface area contributed by atoms with E-state index in [1.165, 1.54) is 0 Å². The van der Waals surface area contributed by atoms with Crippen molar-refractivity contribution >= 4 is 17.8 Å². The van der Waals surface area contributed by atoms with Gasteiger partial charge in [-0.3, -0.25) is 9.59 Å². The first kappa shape index (κ1) is 18.4. The van der Waals surface area contributed by atoms with E-state index in [2.05, 4.69) is 0 Å². The lowest BCUT2D eigenvalue weighted by molar-refractivity contribution is -0.168. The molecular formula is C19H24N2O5. The molecule has 0 aromatic heterocycles. The van der Waals surface area contributed by atoms with Crippen LogP contribution in [0.2, 0.25) is 0 Å². The van der Waals surface area contributed by atoms with Crippen LogP contribution in [0.1, 0.15) is 30.1 Å². The second-order valence-electron chi connectivity index (χ2n) is 6.95. The molecule has 2 heterocycles. The summed E-state index contributed by atoms with van der Waals surface area (Å²) >= 11 is 0. The number of carboxylic acid groups (broad SMARTS) is 1. The number of nitrogens with zero attached hydrogens (tertiary/aromatic N) is 2. The van der Waals surface area contributed by atoms with E-state index in [1.807, 2.05) is 18.2 Å². The summed E-state index contributed by atoms with van der Waals surface area (Å²) in [5, 5.41) is 9.16. The Morgan fingerprint density at radius 1 is 1.04 bits per heavy atom. The molecule has 26 heavy (non-hydrogen) atoms. The number of ether oxygens (including phenoxy) is 1. The summed E-state index contributed by atoms with van der Waals surface area (Å²) in [4.78, 5) is 39.8. The van der Waals surface area contributed by atoms with Gasteiger partial charge in [-0.1, -0.05) is 18.2 Å². The molecule has 2 atom stereocenters. The smallest absolute Gasteiger partial charge is 0.334 e. The van der Waals surface area contributed by atoms with Gasteiger partial charge in [-0.2, -0.15) is 0 Å². The lowest BCUT2D eigenvalue weighted by atomic mass is 9.94. The second kappa shape index (κ2) is 7.86. The molecule has 7 heteroatoms. The Morgan fingerprint density at radius 3 is 2.31 bits per heavy atom. The fourth-order valence-corrected chi connectivity index (χ4v) is 3.62. The van der Waals surface area contributed by atoms with E-state index in [0.717, 1.165) is 0 Å². The molecule has 0 radical (unpaired) electrons. The Balaban J connectivity index is 1.56. The van der Waals surface area contributed by atoms with E-state index in [1.54, 1.807) is 28.9 Å². The number of carboxylic acids is 1. The molecule has 2 saturated heterocycles. The van der Waals surface area contributed by atoms with Gasteiger partial charge in [-0.05, 0) is 31.9 Å². The third-order valence-corrected chi connectivity index (χ3v) is 5.00. The fraction of sp³-hybridized carbons (Fsp3) is 0.526. The number of hydrogen-bond donors (Lipinski definition) is 1. The average Bonchev–Trinajstić information content (AvgIpc) is 2.67. The van der Waals surface area contributed by atoms with E-state index < -0.39 is 12.1 Å². The summed E-state index contributed by atoms with van der Waals surface area (Å²) in [6.45, 7) is 3.34. The number of piperidine rings is 1. The quantitative estimate of drug-likeness (QED) is 0.876. The summed E-state index contributed by atoms with van der Waals surface area (Å²) in [6.07, 6.45) is -0.0714. The van der Waals surface area contributed by atoms with Crippen molar-refractivity contribution < 1.29 is 24.2 Å². The lowest BCUT2D eigenvalue weighted by Gasteiger charge is -2.39. The standard InChI is InChI=1S/C19H24N2O5/c1-13-11-21(12-16(26-13)19(24)25)18(23)15-7-9-20(10-8-15)17(22)14-5-3-2-4-6-14/h2-6,13,15-16H,7-12H2,1H3,(H,24,25)/t13-,16?/m1/s1. The van der Waals surface area contributed by atoms with Crippen LogP contribution in [0.5, 0.6) is 0 Å². The highest BCUT2D eigenvalue weighted by atomic mass is 16.5. The molecule has 7 nitrogen and oxygen atoms in total. The molecule has 1 unspecified atom stereocenters. The Hall–Kier alpha value is -2.41. The molecule has 0 aliphatic carbocycles. The third-order valence-electron chi connectivity index (χ3n) is 5.00. The molecule has 2 amide bonds. The van der Waals surface area contributed by atoms with Crippen molar-refractivity contribution in [3.05, 3.63) is 35.9 Å². The van der Waals surface area contributed by atoms with E-state index in [-0.39, 0.29) is 30.4 Å². The minimum Gasteiger partial charge on any atom is -0.479 e. The van der Waals surface area contributed by atoms with Crippen LogP contribution in [0.25, 0.3) is 0 Å². The largest absolute Gasteiger partial charge is 0.479 e. The normalized spacial score (nSPS) is 24.3. The lowest BCUT2D eigenvalue weighted by Crippen LogP contribution is -2.54. The fourth-order valence-electron chi connectivity index (χ4n) is 3.62. The van der Waals surface area contributed by atoms with Crippen molar-refractivity contribution in [2.24, 2.45) is 5.92 Å². The number of amides is 2. The molecule has 3 rings (SSSR count). The zero-order valence-corrected chi connectivity index (χ0v) is 14.8. The number of carbonyl (C=O) groups is 3. The molecule has 1 N–H and O–H groups in total. The topological polar surface area (TPSA) is 87.2 Å². The highest BCUT2D eigenvalue weighted by Gasteiger charge is 2.36. The molecule has 2 aliphatic rings. The maximum absolute atomic E-state index is 12.8. The summed E-state index contributed by atoms with van der Waals surface area (Å²) in [7, 11) is 0. The van der Waals surface area contributed by atoms with Gasteiger partial charge in [0, 0.05) is 31.1 Å². The number of carbonyl (C=O) groups excluding carboxylic acids is 2. The highest BCUT2D eigenvalue weighted by molar-refractivity contribution is 5.94. The zero-order valence-electron chi connectivity index (χ0n) is 14.8. The van der Waals surface area contributed by atoms with Gasteiger partial charge in [0.05, 0.1) is 12.6 Å². The summed E-state index contributed by atoms with van der Waals surface area (Å²) in [5.41, 5.74) is 0.656. The Morgan fingerprint density at radius 2 is 1.69 bits per heavy atom. The Kier molecular flexibility index (Phi) is 5.56. The summed E-state index contributed by atoms with van der Waals surface area (Å²) in [6, 6.07) is 9.13.